The Bertz CT molecular complexity index is 858. The van der Waals surface area contributed by atoms with Gasteiger partial charge in [0.15, 0.2) is 0 Å². The molecule has 1 atom stereocenters. The predicted molar refractivity (Wildman–Crippen MR) is 106 cm³/mol. The van der Waals surface area contributed by atoms with Gasteiger partial charge in [-0.3, -0.25) is 10.1 Å². The molecule has 0 aromatic heterocycles. The van der Waals surface area contributed by atoms with Gasteiger partial charge in [-0.2, -0.15) is 5.10 Å². The largest absolute Gasteiger partial charge is 0.440 e. The van der Waals surface area contributed by atoms with Gasteiger partial charge in [0.05, 0.1) is 0 Å². The summed E-state index contributed by atoms with van der Waals surface area (Å²) in [5.41, 5.74) is 4.18. The fourth-order valence-corrected chi connectivity index (χ4v) is 3.89. The molecular weight excluding hydrogens is 365 g/mol. The zero-order valence-corrected chi connectivity index (χ0v) is 16.3. The Kier molecular flexibility index (Phi) is 5.70. The Morgan fingerprint density at radius 2 is 2.00 bits per heavy atom. The first-order chi connectivity index (χ1) is 12.9. The fraction of sp³-hybridized carbons (Fsp3) is 0.300. The molecule has 2 aromatic carbocycles. The standard InChI is InChI=1S/C20H22FN3O2S/c1-13(2)12-17-16(10-7-11-18(17)21)19-23-24-20(27-19,22-14(3)25)26-15-8-5-4-6-9-15/h4-11,13,24H,12H2,1-3H3,(H,22,25). The van der Waals surface area contributed by atoms with E-state index in [2.05, 4.69) is 15.8 Å². The smallest absolute Gasteiger partial charge is 0.334 e. The highest BCUT2D eigenvalue weighted by atomic mass is 32.2. The second kappa shape index (κ2) is 8.00. The van der Waals surface area contributed by atoms with Crippen molar-refractivity contribution in [2.75, 3.05) is 0 Å². The highest BCUT2D eigenvalue weighted by molar-refractivity contribution is 8.15. The van der Waals surface area contributed by atoms with Gasteiger partial charge in [0.2, 0.25) is 5.91 Å². The molecule has 1 heterocycles. The Morgan fingerprint density at radius 1 is 1.26 bits per heavy atom. The number of nitrogens with one attached hydrogen (secondary N) is 2. The van der Waals surface area contributed by atoms with Crippen molar-refractivity contribution >= 4 is 22.7 Å². The first-order valence-corrected chi connectivity index (χ1v) is 9.54. The van der Waals surface area contributed by atoms with Gasteiger partial charge in [-0.1, -0.05) is 44.2 Å². The zero-order chi connectivity index (χ0) is 19.4. The van der Waals surface area contributed by atoms with E-state index in [1.807, 2.05) is 38.1 Å². The average Bonchev–Trinajstić information content (AvgIpc) is 3.00. The second-order valence-electron chi connectivity index (χ2n) is 6.71. The summed E-state index contributed by atoms with van der Waals surface area (Å²) < 4.78 is 20.4. The molecule has 142 valence electrons. The lowest BCUT2D eigenvalue weighted by molar-refractivity contribution is -0.122. The number of hydrogen-bond acceptors (Lipinski definition) is 5. The predicted octanol–water partition coefficient (Wildman–Crippen LogP) is 3.85. The van der Waals surface area contributed by atoms with Gasteiger partial charge >= 0.3 is 5.18 Å². The molecule has 7 heteroatoms. The lowest BCUT2D eigenvalue weighted by Crippen LogP contribution is -2.56. The zero-order valence-electron chi connectivity index (χ0n) is 15.5. The van der Waals surface area contributed by atoms with Crippen molar-refractivity contribution < 1.29 is 13.9 Å². The van der Waals surface area contributed by atoms with E-state index in [-0.39, 0.29) is 11.7 Å². The highest BCUT2D eigenvalue weighted by Crippen LogP contribution is 2.34. The summed E-state index contributed by atoms with van der Waals surface area (Å²) >= 11 is 1.20. The van der Waals surface area contributed by atoms with E-state index in [1.165, 1.54) is 24.8 Å². The van der Waals surface area contributed by atoms with Crippen LogP contribution in [0, 0.1) is 11.7 Å². The maximum Gasteiger partial charge on any atom is 0.334 e. The average molecular weight is 387 g/mol. The van der Waals surface area contributed by atoms with Gasteiger partial charge in [0.25, 0.3) is 0 Å². The molecule has 0 saturated carbocycles. The molecule has 1 aliphatic heterocycles. The Hall–Kier alpha value is -2.54. The normalized spacial score (nSPS) is 18.8. The molecule has 0 radical (unpaired) electrons. The van der Waals surface area contributed by atoms with Crippen LogP contribution in [0.15, 0.2) is 53.6 Å². The van der Waals surface area contributed by atoms with E-state index in [0.29, 0.717) is 34.3 Å². The van der Waals surface area contributed by atoms with Crippen LogP contribution in [0.1, 0.15) is 31.9 Å². The lowest BCUT2D eigenvalue weighted by atomic mass is 9.98. The first-order valence-electron chi connectivity index (χ1n) is 8.73. The molecule has 2 aromatic rings. The molecule has 27 heavy (non-hydrogen) atoms. The number of para-hydroxylation sites is 1. The molecule has 0 fully saturated rings. The molecule has 0 spiro atoms. The number of amides is 1. The summed E-state index contributed by atoms with van der Waals surface area (Å²) in [6.45, 7) is 5.49. The van der Waals surface area contributed by atoms with Crippen molar-refractivity contribution in [1.29, 1.82) is 0 Å². The summed E-state index contributed by atoms with van der Waals surface area (Å²) in [6, 6.07) is 14.1. The van der Waals surface area contributed by atoms with Gasteiger partial charge in [0.1, 0.15) is 16.6 Å². The van der Waals surface area contributed by atoms with Gasteiger partial charge in [-0.25, -0.2) is 9.82 Å². The topological polar surface area (TPSA) is 62.7 Å². The van der Waals surface area contributed by atoms with Crippen molar-refractivity contribution in [3.63, 3.8) is 0 Å². The van der Waals surface area contributed by atoms with E-state index >= 15 is 0 Å². The minimum absolute atomic E-state index is 0.259. The SMILES string of the molecule is CC(=O)NC1(Oc2ccccc2)NN=C(c2cccc(F)c2CC(C)C)S1. The second-order valence-corrected chi connectivity index (χ2v) is 7.87. The van der Waals surface area contributed by atoms with E-state index in [4.69, 9.17) is 4.74 Å². The van der Waals surface area contributed by atoms with Gasteiger partial charge < -0.3 is 4.74 Å². The van der Waals surface area contributed by atoms with Crippen LogP contribution in [0.5, 0.6) is 5.75 Å². The molecule has 3 rings (SSSR count). The summed E-state index contributed by atoms with van der Waals surface area (Å²) in [5.74, 6) is 0.333. The number of hydrogen-bond donors (Lipinski definition) is 2. The summed E-state index contributed by atoms with van der Waals surface area (Å²) in [6.07, 6.45) is 0.592. The molecule has 0 bridgehead atoms. The Morgan fingerprint density at radius 3 is 2.67 bits per heavy atom. The van der Waals surface area contributed by atoms with Crippen molar-refractivity contribution in [2.45, 2.75) is 32.4 Å². The van der Waals surface area contributed by atoms with Gasteiger partial charge in [-0.05, 0) is 47.9 Å². The molecule has 1 unspecified atom stereocenters. The summed E-state index contributed by atoms with van der Waals surface area (Å²) in [7, 11) is 0. The number of thioether (sulfide) groups is 1. The number of benzene rings is 2. The van der Waals surface area contributed by atoms with Crippen LogP contribution in [0.3, 0.4) is 0 Å². The third-order valence-electron chi connectivity index (χ3n) is 3.85. The number of nitrogens with zero attached hydrogens (tertiary/aromatic N) is 1. The van der Waals surface area contributed by atoms with E-state index in [9.17, 15) is 9.18 Å². The lowest BCUT2D eigenvalue weighted by Gasteiger charge is -2.28. The third-order valence-corrected chi connectivity index (χ3v) is 4.92. The van der Waals surface area contributed by atoms with Crippen molar-refractivity contribution in [3.8, 4) is 5.75 Å². The molecule has 1 aliphatic rings. The Balaban J connectivity index is 1.90. The van der Waals surface area contributed by atoms with Gasteiger partial charge in [-0.15, -0.1) is 0 Å². The number of hydrazone groups is 1. The van der Waals surface area contributed by atoms with E-state index in [0.717, 1.165) is 0 Å². The molecule has 2 N–H and O–H groups in total. The van der Waals surface area contributed by atoms with Crippen LogP contribution in [-0.2, 0) is 11.2 Å². The number of halogens is 1. The van der Waals surface area contributed by atoms with Crippen LogP contribution in [0.2, 0.25) is 0 Å². The number of ether oxygens (including phenoxy) is 1. The van der Waals surface area contributed by atoms with Crippen LogP contribution in [0.4, 0.5) is 4.39 Å². The molecule has 0 saturated heterocycles. The third kappa shape index (κ3) is 4.60. The van der Waals surface area contributed by atoms with Gasteiger partial charge in [0, 0.05) is 12.5 Å². The molecule has 5 nitrogen and oxygen atoms in total. The summed E-state index contributed by atoms with van der Waals surface area (Å²) in [4.78, 5) is 11.7. The molecule has 1 amide bonds. The number of carbonyl (C=O) groups is 1. The Labute approximate surface area is 162 Å². The van der Waals surface area contributed by atoms with Crippen LogP contribution < -0.4 is 15.5 Å². The minimum Gasteiger partial charge on any atom is -0.440 e. The fourth-order valence-electron chi connectivity index (χ4n) is 2.80. The summed E-state index contributed by atoms with van der Waals surface area (Å²) in [5, 5.41) is 6.38. The van der Waals surface area contributed by atoms with Crippen molar-refractivity contribution in [1.82, 2.24) is 10.7 Å². The number of rotatable bonds is 6. The monoisotopic (exact) mass is 387 g/mol. The first kappa shape index (κ1) is 19.2. The maximum atomic E-state index is 14.4. The van der Waals surface area contributed by atoms with Crippen LogP contribution in [0.25, 0.3) is 0 Å². The molecule has 0 aliphatic carbocycles. The van der Waals surface area contributed by atoms with Crippen molar-refractivity contribution in [2.24, 2.45) is 11.0 Å². The molecular formula is C20H22FN3O2S. The van der Waals surface area contributed by atoms with E-state index in [1.54, 1.807) is 18.2 Å². The number of carbonyl (C=O) groups excluding carboxylic acids is 1. The maximum absolute atomic E-state index is 14.4. The minimum atomic E-state index is -1.29. The van der Waals surface area contributed by atoms with Crippen LogP contribution in [-0.4, -0.2) is 16.1 Å². The quantitative estimate of drug-likeness (QED) is 0.739. The highest BCUT2D eigenvalue weighted by Gasteiger charge is 2.42. The van der Waals surface area contributed by atoms with E-state index < -0.39 is 5.18 Å². The van der Waals surface area contributed by atoms with Crippen molar-refractivity contribution in [3.05, 3.63) is 65.5 Å². The van der Waals surface area contributed by atoms with Crippen LogP contribution >= 0.6 is 11.8 Å².